The fraction of sp³-hybridized carbons (Fsp3) is 0.167. The molecule has 18 heavy (non-hydrogen) atoms. The highest BCUT2D eigenvalue weighted by atomic mass is 79.9. The molecule has 2 rings (SSSR count). The molecule has 6 heteroatoms. The SMILES string of the molecule is NC(Cc1ccc(F)c(F)c1)c1cc(Br)c(Br)s1. The van der Waals surface area contributed by atoms with Crippen molar-refractivity contribution < 1.29 is 8.78 Å². The van der Waals surface area contributed by atoms with Crippen LogP contribution in [0.2, 0.25) is 0 Å². The van der Waals surface area contributed by atoms with Crippen LogP contribution in [0.1, 0.15) is 16.5 Å². The molecule has 1 nitrogen and oxygen atoms in total. The van der Waals surface area contributed by atoms with Crippen molar-refractivity contribution >= 4 is 43.2 Å². The Hall–Kier alpha value is -0.300. The molecule has 0 amide bonds. The van der Waals surface area contributed by atoms with Gasteiger partial charge in [0.2, 0.25) is 0 Å². The van der Waals surface area contributed by atoms with Gasteiger partial charge in [-0.05, 0) is 62.0 Å². The Morgan fingerprint density at radius 1 is 1.17 bits per heavy atom. The molecular formula is C12H9Br2F2NS. The highest BCUT2D eigenvalue weighted by Crippen LogP contribution is 2.35. The molecule has 2 aromatic rings. The zero-order chi connectivity index (χ0) is 13.3. The molecule has 1 aromatic heterocycles. The quantitative estimate of drug-likeness (QED) is 0.792. The van der Waals surface area contributed by atoms with Gasteiger partial charge in [0.25, 0.3) is 0 Å². The van der Waals surface area contributed by atoms with Gasteiger partial charge >= 0.3 is 0 Å². The van der Waals surface area contributed by atoms with Crippen molar-refractivity contribution in [3.05, 3.63) is 54.6 Å². The third-order valence-corrected chi connectivity index (χ3v) is 5.86. The van der Waals surface area contributed by atoms with E-state index in [0.717, 1.165) is 19.2 Å². The monoisotopic (exact) mass is 395 g/mol. The van der Waals surface area contributed by atoms with Gasteiger partial charge in [-0.3, -0.25) is 0 Å². The second kappa shape index (κ2) is 5.77. The summed E-state index contributed by atoms with van der Waals surface area (Å²) in [5.41, 5.74) is 6.73. The van der Waals surface area contributed by atoms with Crippen LogP contribution in [0.15, 0.2) is 32.5 Å². The molecule has 0 spiro atoms. The van der Waals surface area contributed by atoms with E-state index < -0.39 is 11.6 Å². The maximum absolute atomic E-state index is 13.1. The summed E-state index contributed by atoms with van der Waals surface area (Å²) >= 11 is 8.31. The summed E-state index contributed by atoms with van der Waals surface area (Å²) in [5.74, 6) is -1.68. The van der Waals surface area contributed by atoms with Gasteiger partial charge in [0.05, 0.1) is 3.79 Å². The van der Waals surface area contributed by atoms with Crippen molar-refractivity contribution in [3.8, 4) is 0 Å². The van der Waals surface area contributed by atoms with Crippen molar-refractivity contribution in [1.82, 2.24) is 0 Å². The van der Waals surface area contributed by atoms with E-state index >= 15 is 0 Å². The van der Waals surface area contributed by atoms with E-state index in [4.69, 9.17) is 5.73 Å². The molecule has 0 saturated heterocycles. The van der Waals surface area contributed by atoms with Crippen LogP contribution in [-0.2, 0) is 6.42 Å². The van der Waals surface area contributed by atoms with Crippen LogP contribution in [0.4, 0.5) is 8.78 Å². The number of halogens is 4. The topological polar surface area (TPSA) is 26.0 Å². The molecule has 0 bridgehead atoms. The van der Waals surface area contributed by atoms with E-state index in [1.165, 1.54) is 17.4 Å². The molecular weight excluding hydrogens is 388 g/mol. The summed E-state index contributed by atoms with van der Waals surface area (Å²) in [6.45, 7) is 0. The highest BCUT2D eigenvalue weighted by molar-refractivity contribution is 9.13. The smallest absolute Gasteiger partial charge is 0.159 e. The van der Waals surface area contributed by atoms with Gasteiger partial charge in [0, 0.05) is 15.4 Å². The van der Waals surface area contributed by atoms with Crippen molar-refractivity contribution in [2.75, 3.05) is 0 Å². The summed E-state index contributed by atoms with van der Waals surface area (Å²) in [7, 11) is 0. The van der Waals surface area contributed by atoms with Gasteiger partial charge in [-0.15, -0.1) is 11.3 Å². The Morgan fingerprint density at radius 2 is 1.89 bits per heavy atom. The predicted molar refractivity (Wildman–Crippen MR) is 76.7 cm³/mol. The zero-order valence-electron chi connectivity index (χ0n) is 9.09. The first-order valence-corrected chi connectivity index (χ1v) is 7.52. The second-order valence-electron chi connectivity index (χ2n) is 3.83. The zero-order valence-corrected chi connectivity index (χ0v) is 13.1. The maximum Gasteiger partial charge on any atom is 0.159 e. The summed E-state index contributed by atoms with van der Waals surface area (Å²) < 4.78 is 27.8. The summed E-state index contributed by atoms with van der Waals surface area (Å²) in [6.07, 6.45) is 0.469. The summed E-state index contributed by atoms with van der Waals surface area (Å²) in [4.78, 5) is 0.985. The fourth-order valence-electron chi connectivity index (χ4n) is 1.57. The Labute approximate surface area is 124 Å². The molecule has 0 aliphatic heterocycles. The van der Waals surface area contributed by atoms with Crippen LogP contribution in [0, 0.1) is 11.6 Å². The van der Waals surface area contributed by atoms with Crippen LogP contribution in [0.5, 0.6) is 0 Å². The van der Waals surface area contributed by atoms with E-state index in [1.807, 2.05) is 6.07 Å². The Morgan fingerprint density at radius 3 is 2.44 bits per heavy atom. The number of rotatable bonds is 3. The summed E-state index contributed by atoms with van der Waals surface area (Å²) in [6, 6.07) is 5.56. The molecule has 1 aromatic carbocycles. The van der Waals surface area contributed by atoms with Crippen LogP contribution in [-0.4, -0.2) is 0 Å². The molecule has 0 fully saturated rings. The van der Waals surface area contributed by atoms with Crippen molar-refractivity contribution in [2.45, 2.75) is 12.5 Å². The van der Waals surface area contributed by atoms with Gasteiger partial charge in [-0.25, -0.2) is 8.78 Å². The fourth-order valence-corrected chi connectivity index (χ4v) is 3.66. The van der Waals surface area contributed by atoms with Crippen LogP contribution in [0.3, 0.4) is 0 Å². The molecule has 0 aliphatic carbocycles. The van der Waals surface area contributed by atoms with Crippen molar-refractivity contribution in [3.63, 3.8) is 0 Å². The molecule has 1 atom stereocenters. The standard InChI is InChI=1S/C12H9Br2F2NS/c13-7-5-11(18-12(7)14)10(17)4-6-1-2-8(15)9(16)3-6/h1-3,5,10H,4,17H2. The second-order valence-corrected chi connectivity index (χ2v) is 7.09. The minimum atomic E-state index is -0.840. The molecule has 96 valence electrons. The number of nitrogens with two attached hydrogens (primary N) is 1. The van der Waals surface area contributed by atoms with Crippen LogP contribution < -0.4 is 5.73 Å². The maximum atomic E-state index is 13.1. The Balaban J connectivity index is 2.15. The molecule has 2 N–H and O–H groups in total. The largest absolute Gasteiger partial charge is 0.323 e. The van der Waals surface area contributed by atoms with E-state index in [-0.39, 0.29) is 6.04 Å². The lowest BCUT2D eigenvalue weighted by molar-refractivity contribution is 0.506. The average Bonchev–Trinajstić information content (AvgIpc) is 2.65. The van der Waals surface area contributed by atoms with Crippen molar-refractivity contribution in [2.24, 2.45) is 5.73 Å². The number of hydrogen-bond donors (Lipinski definition) is 1. The van der Waals surface area contributed by atoms with E-state index in [9.17, 15) is 8.78 Å². The van der Waals surface area contributed by atoms with Crippen LogP contribution >= 0.6 is 43.2 Å². The minimum Gasteiger partial charge on any atom is -0.323 e. The third-order valence-electron chi connectivity index (χ3n) is 2.47. The van der Waals surface area contributed by atoms with Gasteiger partial charge in [-0.1, -0.05) is 6.07 Å². The number of thiophene rings is 1. The molecule has 1 heterocycles. The minimum absolute atomic E-state index is 0.234. The summed E-state index contributed by atoms with van der Waals surface area (Å²) in [5, 5.41) is 0. The normalized spacial score (nSPS) is 12.7. The third kappa shape index (κ3) is 3.17. The molecule has 1 unspecified atom stereocenters. The Kier molecular flexibility index (Phi) is 4.53. The number of benzene rings is 1. The van der Waals surface area contributed by atoms with Gasteiger partial charge in [0.15, 0.2) is 11.6 Å². The number of hydrogen-bond acceptors (Lipinski definition) is 2. The van der Waals surface area contributed by atoms with Gasteiger partial charge < -0.3 is 5.73 Å². The van der Waals surface area contributed by atoms with Crippen LogP contribution in [0.25, 0.3) is 0 Å². The first kappa shape index (κ1) is 14.1. The van der Waals surface area contributed by atoms with E-state index in [2.05, 4.69) is 31.9 Å². The van der Waals surface area contributed by atoms with Gasteiger partial charge in [0.1, 0.15) is 0 Å². The highest BCUT2D eigenvalue weighted by Gasteiger charge is 2.13. The molecule has 0 radical (unpaired) electrons. The van der Waals surface area contributed by atoms with E-state index in [1.54, 1.807) is 6.07 Å². The van der Waals surface area contributed by atoms with Gasteiger partial charge in [-0.2, -0.15) is 0 Å². The lowest BCUT2D eigenvalue weighted by Gasteiger charge is -2.09. The lowest BCUT2D eigenvalue weighted by Crippen LogP contribution is -2.12. The first-order chi connectivity index (χ1) is 8.47. The first-order valence-electron chi connectivity index (χ1n) is 5.11. The lowest BCUT2D eigenvalue weighted by atomic mass is 10.1. The predicted octanol–water partition coefficient (Wildman–Crippen LogP) is 4.79. The average molecular weight is 397 g/mol. The van der Waals surface area contributed by atoms with E-state index in [0.29, 0.717) is 12.0 Å². The molecule has 0 aliphatic rings. The molecule has 0 saturated carbocycles. The Bertz CT molecular complexity index is 552. The van der Waals surface area contributed by atoms with Crippen molar-refractivity contribution in [1.29, 1.82) is 0 Å².